The summed E-state index contributed by atoms with van der Waals surface area (Å²) >= 11 is 0. The van der Waals surface area contributed by atoms with Crippen molar-refractivity contribution in [1.82, 2.24) is 29.4 Å². The van der Waals surface area contributed by atoms with Crippen molar-refractivity contribution in [1.29, 1.82) is 0 Å². The average molecular weight is 1370 g/mol. The molecule has 0 atom stereocenters. The molecule has 5 aromatic rings. The van der Waals surface area contributed by atoms with Gasteiger partial charge in [0.1, 0.15) is 51.6 Å². The van der Waals surface area contributed by atoms with E-state index >= 15 is 0 Å². The van der Waals surface area contributed by atoms with Crippen molar-refractivity contribution in [2.45, 2.75) is 222 Å². The molecule has 5 aromatic carbocycles. The standard InChI is InChI=1S/C23H30N2.C17H14O3.C15H21NO.C9H18N2.C8H15NO.C7H14N2.C6H11NO/c1-15-11-9-12-16(2)21(15)24-19(5)20(6)25(23(24,7)8)22-17(3)13-10-14-18(22)4;1-11-12(2)20-17(19-11)13-7-3-5-9-15(13)18-16-10-6-4-8-14(16)17;1-10-8-7-9-11(2)14(10)16-12(3)13(4)17-15(16,5)6;1-7-8(2)11(6)9(3,4)10(7)5;1-6-7(2)10-8(3,4)9(6)5;1-6-7(2)9(4)5-8(6)3;1-5-6(2)8-4-7(5)3/h9-14H,1-8H3;3-10H,1-2H3;7-9H,1-6H3;1-6H3;1-5H3;5H2,1-4H3;4H2,1-3H3. The zero-order chi connectivity index (χ0) is 75.0. The van der Waals surface area contributed by atoms with Crippen molar-refractivity contribution >= 4 is 17.1 Å². The first kappa shape index (κ1) is 78.6. The highest BCUT2D eigenvalue weighted by Crippen LogP contribution is 2.54. The number of allylic oxidation sites excluding steroid dienone is 14. The molecule has 15 nitrogen and oxygen atoms in total. The summed E-state index contributed by atoms with van der Waals surface area (Å²) in [4.78, 5) is 20.7. The Morgan fingerprint density at radius 1 is 0.290 bits per heavy atom. The summed E-state index contributed by atoms with van der Waals surface area (Å²) in [6.45, 7) is 61.6. The molecule has 0 fully saturated rings. The van der Waals surface area contributed by atoms with E-state index in [9.17, 15) is 0 Å². The summed E-state index contributed by atoms with van der Waals surface area (Å²) in [5.74, 6) is 5.33. The molecular weight excluding hydrogens is 1240 g/mol. The number of hydrogen-bond donors (Lipinski definition) is 0. The van der Waals surface area contributed by atoms with E-state index in [1.165, 1.54) is 102 Å². The average Bonchev–Trinajstić information content (AvgIpc) is 1.48. The van der Waals surface area contributed by atoms with E-state index in [0.717, 1.165) is 64.8 Å². The van der Waals surface area contributed by atoms with Crippen LogP contribution in [0, 0.1) is 41.5 Å². The molecule has 0 N–H and O–H groups in total. The molecule has 8 aliphatic heterocycles. The molecule has 0 aliphatic carbocycles. The number of hydrogen-bond acceptors (Lipinski definition) is 15. The Balaban J connectivity index is 0.000000170. The molecule has 0 radical (unpaired) electrons. The summed E-state index contributed by atoms with van der Waals surface area (Å²) < 4.78 is 34.9. The van der Waals surface area contributed by atoms with Crippen LogP contribution in [0.2, 0.25) is 0 Å². The highest BCUT2D eigenvalue weighted by Gasteiger charge is 2.51. The van der Waals surface area contributed by atoms with Gasteiger partial charge in [0.05, 0.1) is 40.6 Å². The van der Waals surface area contributed by atoms with Gasteiger partial charge in [0, 0.05) is 87.8 Å². The van der Waals surface area contributed by atoms with Crippen LogP contribution in [0.4, 0.5) is 17.1 Å². The molecule has 15 heteroatoms. The first-order chi connectivity index (χ1) is 46.4. The van der Waals surface area contributed by atoms with E-state index in [-0.39, 0.29) is 22.8 Å². The number of rotatable bonds is 3. The number of aryl methyl sites for hydroxylation is 6. The monoisotopic (exact) mass is 1370 g/mol. The third-order valence-electron chi connectivity index (χ3n) is 21.9. The summed E-state index contributed by atoms with van der Waals surface area (Å²) in [5, 5.41) is 0. The first-order valence-electron chi connectivity index (χ1n) is 35.3. The summed E-state index contributed by atoms with van der Waals surface area (Å²) in [7, 11) is 12.6. The topological polar surface area (TPSA) is 84.5 Å². The van der Waals surface area contributed by atoms with E-state index in [1.54, 1.807) is 0 Å². The highest BCUT2D eigenvalue weighted by molar-refractivity contribution is 5.75. The molecule has 0 bridgehead atoms. The minimum absolute atomic E-state index is 0.145. The molecule has 8 heterocycles. The summed E-state index contributed by atoms with van der Waals surface area (Å²) in [6, 6.07) is 35.2. The van der Waals surface area contributed by atoms with Crippen LogP contribution < -0.4 is 19.4 Å². The molecule has 100 heavy (non-hydrogen) atoms. The molecule has 0 saturated heterocycles. The van der Waals surface area contributed by atoms with Crippen molar-refractivity contribution in [3.05, 3.63) is 228 Å². The predicted molar refractivity (Wildman–Crippen MR) is 416 cm³/mol. The Kier molecular flexibility index (Phi) is 23.8. The van der Waals surface area contributed by atoms with Crippen LogP contribution in [0.25, 0.3) is 0 Å². The smallest absolute Gasteiger partial charge is 0.312 e. The number of benzene rings is 5. The van der Waals surface area contributed by atoms with Crippen LogP contribution in [0.3, 0.4) is 0 Å². The Morgan fingerprint density at radius 2 is 0.640 bits per heavy atom. The fourth-order valence-corrected chi connectivity index (χ4v) is 14.3. The van der Waals surface area contributed by atoms with Gasteiger partial charge in [-0.05, 0) is 252 Å². The number of anilines is 3. The summed E-state index contributed by atoms with van der Waals surface area (Å²) in [6.07, 6.45) is 0. The Hall–Kier alpha value is -8.72. The van der Waals surface area contributed by atoms with Crippen molar-refractivity contribution < 1.29 is 28.4 Å². The van der Waals surface area contributed by atoms with Crippen molar-refractivity contribution in [2.75, 3.05) is 70.4 Å². The third-order valence-corrected chi connectivity index (χ3v) is 21.9. The van der Waals surface area contributed by atoms with Crippen LogP contribution in [0.15, 0.2) is 183 Å². The number of para-hydroxylation sites is 5. The van der Waals surface area contributed by atoms with Gasteiger partial charge in [-0.15, -0.1) is 0 Å². The fourth-order valence-electron chi connectivity index (χ4n) is 14.3. The highest BCUT2D eigenvalue weighted by atomic mass is 16.7. The molecular formula is C85H123N9O6. The quantitative estimate of drug-likeness (QED) is 0.172. The van der Waals surface area contributed by atoms with Crippen molar-refractivity contribution in [3.8, 4) is 11.5 Å². The lowest BCUT2D eigenvalue weighted by Gasteiger charge is -2.44. The maximum absolute atomic E-state index is 6.13. The van der Waals surface area contributed by atoms with Crippen LogP contribution in [0.5, 0.6) is 11.5 Å². The van der Waals surface area contributed by atoms with Crippen LogP contribution in [-0.2, 0) is 29.5 Å². The third kappa shape index (κ3) is 15.4. The van der Waals surface area contributed by atoms with Gasteiger partial charge >= 0.3 is 5.79 Å². The van der Waals surface area contributed by atoms with E-state index in [0.29, 0.717) is 0 Å². The molecule has 0 amide bonds. The lowest BCUT2D eigenvalue weighted by Crippen LogP contribution is -2.51. The van der Waals surface area contributed by atoms with Gasteiger partial charge in [-0.25, -0.2) is 0 Å². The minimum atomic E-state index is -0.917. The normalized spacial score (nSPS) is 19.2. The van der Waals surface area contributed by atoms with Crippen LogP contribution in [0.1, 0.15) is 197 Å². The van der Waals surface area contributed by atoms with Gasteiger partial charge in [0.25, 0.3) is 0 Å². The van der Waals surface area contributed by atoms with Crippen molar-refractivity contribution in [2.24, 2.45) is 0 Å². The molecule has 8 aliphatic rings. The van der Waals surface area contributed by atoms with E-state index in [4.69, 9.17) is 28.4 Å². The minimum Gasteiger partial charge on any atom is -0.476 e. The fraction of sp³-hybridized carbons (Fsp3) is 0.482. The largest absolute Gasteiger partial charge is 0.476 e. The van der Waals surface area contributed by atoms with Gasteiger partial charge < -0.3 is 72.5 Å². The first-order valence-corrected chi connectivity index (χ1v) is 35.3. The lowest BCUT2D eigenvalue weighted by molar-refractivity contribution is -0.131. The lowest BCUT2D eigenvalue weighted by atomic mass is 9.93. The zero-order valence-electron chi connectivity index (χ0n) is 67.7. The zero-order valence-corrected chi connectivity index (χ0v) is 67.7. The predicted octanol–water partition coefficient (Wildman–Crippen LogP) is 20.7. The molecule has 544 valence electrons. The number of fused-ring (bicyclic) bond motifs is 4. The van der Waals surface area contributed by atoms with E-state index in [1.807, 2.05) is 97.2 Å². The van der Waals surface area contributed by atoms with Gasteiger partial charge in [0.15, 0.2) is 18.2 Å². The Bertz CT molecular complexity index is 3850. The number of ether oxygens (including phenoxy) is 6. The molecule has 1 spiro atoms. The maximum Gasteiger partial charge on any atom is 0.312 e. The maximum atomic E-state index is 6.13. The SMILES string of the molecule is CC1=C(C)N(C)C(C)(C)N1C.CC1=C(C)N(C)C(C)(C)O1.CC1=C(C)N(C)CN1C.CC1=C(C)N(C)CO1.CC1=C(C)N(c2c(C)cccc2C)C(C)(C)N1c1c(C)cccc1C.CC1=C(C)N(c2c(C)cccc2C)C(C)(C)O1.CC1=C(C)OC2(O1)c1ccccc1Oc1ccccc12. The van der Waals surface area contributed by atoms with Gasteiger partial charge in [-0.1, -0.05) is 78.9 Å². The van der Waals surface area contributed by atoms with E-state index < -0.39 is 5.79 Å². The van der Waals surface area contributed by atoms with Crippen molar-refractivity contribution in [3.63, 3.8) is 0 Å². The second-order valence-electron chi connectivity index (χ2n) is 30.0. The van der Waals surface area contributed by atoms with Crippen LogP contribution in [-0.4, -0.2) is 108 Å². The summed E-state index contributed by atoms with van der Waals surface area (Å²) in [5.41, 5.74) is 25.0. The van der Waals surface area contributed by atoms with Gasteiger partial charge in [0.2, 0.25) is 0 Å². The molecule has 0 saturated carbocycles. The Morgan fingerprint density at radius 3 is 0.890 bits per heavy atom. The second-order valence-corrected chi connectivity index (χ2v) is 30.0. The Labute approximate surface area is 603 Å². The van der Waals surface area contributed by atoms with Gasteiger partial charge in [-0.2, -0.15) is 0 Å². The molecule has 0 aromatic heterocycles. The second kappa shape index (κ2) is 30.2. The van der Waals surface area contributed by atoms with Gasteiger partial charge in [-0.3, -0.25) is 0 Å². The number of nitrogens with zero attached hydrogens (tertiary/aromatic N) is 9. The van der Waals surface area contributed by atoms with E-state index in [2.05, 4.69) is 286 Å². The van der Waals surface area contributed by atoms with Crippen LogP contribution >= 0.6 is 0 Å². The molecule has 0 unspecified atom stereocenters. The molecule has 13 rings (SSSR count).